The van der Waals surface area contributed by atoms with Crippen molar-refractivity contribution in [1.29, 1.82) is 0 Å². The Labute approximate surface area is 97.5 Å². The third-order valence-electron chi connectivity index (χ3n) is 2.07. The zero-order valence-electron chi connectivity index (χ0n) is 10.4. The van der Waals surface area contributed by atoms with Gasteiger partial charge in [0.15, 0.2) is 0 Å². The summed E-state index contributed by atoms with van der Waals surface area (Å²) in [5.41, 5.74) is 0. The van der Waals surface area contributed by atoms with E-state index in [1.54, 1.807) is 0 Å². The SMILES string of the molecule is CCCNc1cc(OCC)nc(CCC)n1. The minimum absolute atomic E-state index is 0.635. The molecule has 0 aromatic carbocycles. The number of hydrogen-bond donors (Lipinski definition) is 1. The van der Waals surface area contributed by atoms with Gasteiger partial charge in [0.2, 0.25) is 5.88 Å². The van der Waals surface area contributed by atoms with Crippen molar-refractivity contribution in [1.82, 2.24) is 9.97 Å². The van der Waals surface area contributed by atoms with Gasteiger partial charge in [0, 0.05) is 19.0 Å². The predicted molar refractivity (Wildman–Crippen MR) is 66.0 cm³/mol. The highest BCUT2D eigenvalue weighted by atomic mass is 16.5. The van der Waals surface area contributed by atoms with E-state index in [9.17, 15) is 0 Å². The molecular formula is C12H21N3O. The van der Waals surface area contributed by atoms with Gasteiger partial charge in [0.25, 0.3) is 0 Å². The summed E-state index contributed by atoms with van der Waals surface area (Å²) in [5.74, 6) is 2.38. The maximum Gasteiger partial charge on any atom is 0.218 e. The second-order valence-electron chi connectivity index (χ2n) is 3.62. The van der Waals surface area contributed by atoms with Gasteiger partial charge >= 0.3 is 0 Å². The first-order chi connectivity index (χ1) is 7.80. The highest BCUT2D eigenvalue weighted by Crippen LogP contribution is 2.14. The van der Waals surface area contributed by atoms with Crippen LogP contribution in [0.3, 0.4) is 0 Å². The monoisotopic (exact) mass is 223 g/mol. The first-order valence-electron chi connectivity index (χ1n) is 6.04. The number of anilines is 1. The maximum absolute atomic E-state index is 5.42. The number of ether oxygens (including phenoxy) is 1. The number of rotatable bonds is 7. The number of aryl methyl sites for hydroxylation is 1. The summed E-state index contributed by atoms with van der Waals surface area (Å²) in [5, 5.41) is 3.26. The van der Waals surface area contributed by atoms with E-state index in [1.807, 2.05) is 13.0 Å². The second-order valence-corrected chi connectivity index (χ2v) is 3.62. The van der Waals surface area contributed by atoms with Crippen LogP contribution >= 0.6 is 0 Å². The molecular weight excluding hydrogens is 202 g/mol. The summed E-state index contributed by atoms with van der Waals surface area (Å²) in [7, 11) is 0. The molecule has 4 nitrogen and oxygen atoms in total. The van der Waals surface area contributed by atoms with E-state index in [4.69, 9.17) is 4.74 Å². The van der Waals surface area contributed by atoms with Crippen molar-refractivity contribution in [2.45, 2.75) is 40.0 Å². The number of hydrogen-bond acceptors (Lipinski definition) is 4. The van der Waals surface area contributed by atoms with E-state index in [0.29, 0.717) is 12.5 Å². The molecule has 1 heterocycles. The van der Waals surface area contributed by atoms with Crippen LogP contribution in [0.2, 0.25) is 0 Å². The summed E-state index contributed by atoms with van der Waals surface area (Å²) >= 11 is 0. The van der Waals surface area contributed by atoms with Crippen molar-refractivity contribution < 1.29 is 4.74 Å². The lowest BCUT2D eigenvalue weighted by molar-refractivity contribution is 0.325. The second kappa shape index (κ2) is 7.04. The standard InChI is InChI=1S/C12H21N3O/c1-4-7-10-14-11(13-8-5-2)9-12(15-10)16-6-3/h9H,4-8H2,1-3H3,(H,13,14,15). The molecule has 0 aliphatic rings. The Bertz CT molecular complexity index is 291. The Kier molecular flexibility index (Phi) is 5.61. The minimum Gasteiger partial charge on any atom is -0.478 e. The summed E-state index contributed by atoms with van der Waals surface area (Å²) < 4.78 is 5.42. The minimum atomic E-state index is 0.635. The molecule has 0 aliphatic carbocycles. The van der Waals surface area contributed by atoms with Gasteiger partial charge in [0.05, 0.1) is 6.61 Å². The fourth-order valence-corrected chi connectivity index (χ4v) is 1.37. The van der Waals surface area contributed by atoms with Crippen molar-refractivity contribution in [3.63, 3.8) is 0 Å². The molecule has 1 aromatic rings. The van der Waals surface area contributed by atoms with Gasteiger partial charge in [-0.15, -0.1) is 0 Å². The van der Waals surface area contributed by atoms with Crippen molar-refractivity contribution >= 4 is 5.82 Å². The van der Waals surface area contributed by atoms with E-state index >= 15 is 0 Å². The van der Waals surface area contributed by atoms with Gasteiger partial charge in [0.1, 0.15) is 11.6 Å². The fraction of sp³-hybridized carbons (Fsp3) is 0.667. The summed E-state index contributed by atoms with van der Waals surface area (Å²) in [4.78, 5) is 8.79. The molecule has 0 saturated carbocycles. The smallest absolute Gasteiger partial charge is 0.218 e. The van der Waals surface area contributed by atoms with E-state index in [2.05, 4.69) is 29.1 Å². The van der Waals surface area contributed by atoms with Gasteiger partial charge in [-0.2, -0.15) is 4.98 Å². The Hall–Kier alpha value is -1.32. The Balaban J connectivity index is 2.80. The third kappa shape index (κ3) is 4.04. The van der Waals surface area contributed by atoms with Crippen LogP contribution in [0.4, 0.5) is 5.82 Å². The highest BCUT2D eigenvalue weighted by molar-refractivity contribution is 5.38. The van der Waals surface area contributed by atoms with Crippen LogP contribution in [-0.4, -0.2) is 23.1 Å². The quantitative estimate of drug-likeness (QED) is 0.772. The maximum atomic E-state index is 5.42. The van der Waals surface area contributed by atoms with Crippen LogP contribution in [0.15, 0.2) is 6.07 Å². The molecule has 0 spiro atoms. The molecule has 1 aromatic heterocycles. The normalized spacial score (nSPS) is 10.2. The van der Waals surface area contributed by atoms with Gasteiger partial charge in [-0.3, -0.25) is 0 Å². The van der Waals surface area contributed by atoms with Crippen molar-refractivity contribution in [2.75, 3.05) is 18.5 Å². The molecule has 0 atom stereocenters. The summed E-state index contributed by atoms with van der Waals surface area (Å²) in [6, 6.07) is 1.86. The molecule has 0 aliphatic heterocycles. The molecule has 0 fully saturated rings. The van der Waals surface area contributed by atoms with Crippen molar-refractivity contribution in [3.05, 3.63) is 11.9 Å². The van der Waals surface area contributed by atoms with Gasteiger partial charge in [-0.25, -0.2) is 4.98 Å². The molecule has 0 unspecified atom stereocenters. The lowest BCUT2D eigenvalue weighted by atomic mass is 10.3. The summed E-state index contributed by atoms with van der Waals surface area (Å²) in [6.45, 7) is 7.77. The molecule has 90 valence electrons. The molecule has 0 radical (unpaired) electrons. The number of nitrogens with zero attached hydrogens (tertiary/aromatic N) is 2. The van der Waals surface area contributed by atoms with Crippen LogP contribution in [-0.2, 0) is 6.42 Å². The zero-order chi connectivity index (χ0) is 11.8. The Morgan fingerprint density at radius 3 is 2.62 bits per heavy atom. The average Bonchev–Trinajstić information content (AvgIpc) is 2.27. The van der Waals surface area contributed by atoms with E-state index in [0.717, 1.165) is 37.4 Å². The molecule has 0 amide bonds. The Morgan fingerprint density at radius 2 is 2.00 bits per heavy atom. The lowest BCUT2D eigenvalue weighted by Gasteiger charge is -2.09. The first-order valence-corrected chi connectivity index (χ1v) is 6.04. The predicted octanol–water partition coefficient (Wildman–Crippen LogP) is 2.65. The molecule has 1 rings (SSSR count). The topological polar surface area (TPSA) is 47.0 Å². The number of aromatic nitrogens is 2. The van der Waals surface area contributed by atoms with Gasteiger partial charge in [-0.05, 0) is 19.8 Å². The van der Waals surface area contributed by atoms with E-state index in [1.165, 1.54) is 0 Å². The van der Waals surface area contributed by atoms with E-state index in [-0.39, 0.29) is 0 Å². The zero-order valence-corrected chi connectivity index (χ0v) is 10.4. The van der Waals surface area contributed by atoms with E-state index < -0.39 is 0 Å². The van der Waals surface area contributed by atoms with Crippen LogP contribution in [0.1, 0.15) is 39.4 Å². The third-order valence-corrected chi connectivity index (χ3v) is 2.07. The first kappa shape index (κ1) is 12.7. The average molecular weight is 223 g/mol. The molecule has 1 N–H and O–H groups in total. The van der Waals surface area contributed by atoms with Crippen LogP contribution < -0.4 is 10.1 Å². The molecule has 0 bridgehead atoms. The van der Waals surface area contributed by atoms with Gasteiger partial charge in [-0.1, -0.05) is 13.8 Å². The highest BCUT2D eigenvalue weighted by Gasteiger charge is 2.04. The molecule has 4 heteroatoms. The van der Waals surface area contributed by atoms with Gasteiger partial charge < -0.3 is 10.1 Å². The number of nitrogens with one attached hydrogen (secondary N) is 1. The fourth-order valence-electron chi connectivity index (χ4n) is 1.37. The lowest BCUT2D eigenvalue weighted by Crippen LogP contribution is -2.07. The largest absolute Gasteiger partial charge is 0.478 e. The molecule has 0 saturated heterocycles. The van der Waals surface area contributed by atoms with Crippen LogP contribution in [0.25, 0.3) is 0 Å². The van der Waals surface area contributed by atoms with Crippen molar-refractivity contribution in [2.24, 2.45) is 0 Å². The van der Waals surface area contributed by atoms with Crippen LogP contribution in [0.5, 0.6) is 5.88 Å². The van der Waals surface area contributed by atoms with Crippen LogP contribution in [0, 0.1) is 0 Å². The van der Waals surface area contributed by atoms with Crippen molar-refractivity contribution in [3.8, 4) is 5.88 Å². The summed E-state index contributed by atoms with van der Waals surface area (Å²) in [6.07, 6.45) is 3.02. The molecule has 16 heavy (non-hydrogen) atoms. The Morgan fingerprint density at radius 1 is 1.19 bits per heavy atom.